The van der Waals surface area contributed by atoms with Crippen LogP contribution in [0.1, 0.15) is 6.42 Å². The van der Waals surface area contributed by atoms with Crippen molar-refractivity contribution in [2.45, 2.75) is 12.6 Å². The third kappa shape index (κ3) is 2.50. The number of carbonyl (C=O) groups excluding carboxylic acids is 1. The largest absolute Gasteiger partial charge is 0.480 e. The lowest BCUT2D eigenvalue weighted by Crippen LogP contribution is -2.15. The lowest BCUT2D eigenvalue weighted by molar-refractivity contribution is -0.117. The molecule has 4 aromatic rings. The fourth-order valence-corrected chi connectivity index (χ4v) is 3.22. The van der Waals surface area contributed by atoms with Gasteiger partial charge < -0.3 is 15.0 Å². The van der Waals surface area contributed by atoms with Crippen molar-refractivity contribution in [3.05, 3.63) is 36.8 Å². The Balaban J connectivity index is 1.54. The van der Waals surface area contributed by atoms with Gasteiger partial charge in [-0.25, -0.2) is 14.4 Å². The van der Waals surface area contributed by atoms with Crippen molar-refractivity contribution in [1.29, 1.82) is 0 Å². The van der Waals surface area contributed by atoms with E-state index >= 15 is 0 Å². The molecule has 1 saturated carbocycles. The molecule has 136 valence electrons. The molecule has 0 aliphatic heterocycles. The van der Waals surface area contributed by atoms with Crippen molar-refractivity contribution < 1.29 is 13.9 Å². The van der Waals surface area contributed by atoms with Crippen molar-refractivity contribution in [1.82, 2.24) is 24.6 Å². The summed E-state index contributed by atoms with van der Waals surface area (Å²) < 4.78 is 20.2. The van der Waals surface area contributed by atoms with Gasteiger partial charge in [-0.1, -0.05) is 0 Å². The summed E-state index contributed by atoms with van der Waals surface area (Å²) >= 11 is 0. The molecule has 9 heteroatoms. The molecule has 2 N–H and O–H groups in total. The summed E-state index contributed by atoms with van der Waals surface area (Å²) in [4.78, 5) is 23.6. The van der Waals surface area contributed by atoms with Crippen molar-refractivity contribution >= 4 is 28.4 Å². The van der Waals surface area contributed by atoms with Crippen molar-refractivity contribution in [3.63, 3.8) is 0 Å². The number of halogens is 1. The highest BCUT2D eigenvalue weighted by Crippen LogP contribution is 2.36. The Morgan fingerprint density at radius 2 is 2.19 bits per heavy atom. The number of pyridine rings is 2. The number of amides is 1. The van der Waals surface area contributed by atoms with Crippen LogP contribution in [0.15, 0.2) is 36.8 Å². The number of methoxy groups -OCH3 is 1. The van der Waals surface area contributed by atoms with E-state index in [1.165, 1.54) is 6.33 Å². The molecule has 1 amide bonds. The number of aromatic amines is 1. The summed E-state index contributed by atoms with van der Waals surface area (Å²) in [5, 5.41) is 7.72. The average Bonchev–Trinajstić information content (AvgIpc) is 3.07. The molecule has 0 saturated heterocycles. The molecule has 0 spiro atoms. The Hall–Kier alpha value is -3.49. The average molecular weight is 366 g/mol. The first-order valence-corrected chi connectivity index (χ1v) is 8.46. The molecule has 5 rings (SSSR count). The van der Waals surface area contributed by atoms with Crippen LogP contribution >= 0.6 is 0 Å². The second-order valence-corrected chi connectivity index (χ2v) is 6.43. The van der Waals surface area contributed by atoms with Crippen molar-refractivity contribution in [3.8, 4) is 17.0 Å². The molecule has 27 heavy (non-hydrogen) atoms. The fourth-order valence-electron chi connectivity index (χ4n) is 3.22. The molecular formula is C18H15FN6O2. The predicted octanol–water partition coefficient (Wildman–Crippen LogP) is 2.58. The van der Waals surface area contributed by atoms with Crippen molar-refractivity contribution in [2.75, 3.05) is 12.4 Å². The van der Waals surface area contributed by atoms with E-state index in [9.17, 15) is 9.18 Å². The Kier molecular flexibility index (Phi) is 3.36. The second kappa shape index (κ2) is 5.76. The minimum Gasteiger partial charge on any atom is -0.480 e. The number of aromatic nitrogens is 5. The number of ether oxygens (including phenoxy) is 1. The van der Waals surface area contributed by atoms with Gasteiger partial charge in [0, 0.05) is 22.7 Å². The Bertz CT molecular complexity index is 1180. The van der Waals surface area contributed by atoms with Gasteiger partial charge in [0.05, 0.1) is 13.0 Å². The van der Waals surface area contributed by atoms with Gasteiger partial charge >= 0.3 is 0 Å². The summed E-state index contributed by atoms with van der Waals surface area (Å²) in [6, 6.07) is 7.33. The van der Waals surface area contributed by atoms with E-state index in [-0.39, 0.29) is 12.3 Å². The zero-order chi connectivity index (χ0) is 18.5. The van der Waals surface area contributed by atoms with E-state index in [4.69, 9.17) is 4.74 Å². The summed E-state index contributed by atoms with van der Waals surface area (Å²) in [5.41, 5.74) is 3.01. The van der Waals surface area contributed by atoms with Crippen LogP contribution in [0.25, 0.3) is 27.8 Å². The van der Waals surface area contributed by atoms with Gasteiger partial charge in [0.25, 0.3) is 0 Å². The third-order valence-corrected chi connectivity index (χ3v) is 4.72. The zero-order valence-electron chi connectivity index (χ0n) is 14.3. The van der Waals surface area contributed by atoms with E-state index in [0.29, 0.717) is 23.0 Å². The van der Waals surface area contributed by atoms with Crippen LogP contribution in [-0.2, 0) is 4.79 Å². The monoisotopic (exact) mass is 366 g/mol. The number of H-pyrrole nitrogens is 1. The van der Waals surface area contributed by atoms with Crippen LogP contribution in [0.2, 0.25) is 0 Å². The Morgan fingerprint density at radius 1 is 1.33 bits per heavy atom. The van der Waals surface area contributed by atoms with Gasteiger partial charge in [0.2, 0.25) is 11.8 Å². The number of hydrogen-bond donors (Lipinski definition) is 2. The molecule has 0 aromatic carbocycles. The normalized spacial score (nSPS) is 18.7. The number of alkyl halides is 1. The minimum atomic E-state index is -1.04. The fraction of sp³-hybridized carbons (Fsp3) is 0.222. The highest BCUT2D eigenvalue weighted by Gasteiger charge is 2.43. The van der Waals surface area contributed by atoms with Gasteiger partial charge in [-0.2, -0.15) is 9.61 Å². The number of carbonyl (C=O) groups is 1. The van der Waals surface area contributed by atoms with Gasteiger partial charge in [0.15, 0.2) is 5.65 Å². The number of anilines is 1. The Morgan fingerprint density at radius 3 is 2.96 bits per heavy atom. The van der Waals surface area contributed by atoms with Gasteiger partial charge in [-0.3, -0.25) is 4.79 Å². The standard InChI is InChI=1S/C18H15FN6O2/c1-27-18-10(3-5-15-21-8-22-25(15)18)12-7-20-16-9(12)2-4-14(23-16)24-17(26)11-6-13(11)19/h2-5,7-8,11,13H,6H2,1H3,(H2,20,23,24,26)/t11-,13+/m1/s1. The van der Waals surface area contributed by atoms with Crippen LogP contribution < -0.4 is 10.1 Å². The van der Waals surface area contributed by atoms with Crippen LogP contribution in [0, 0.1) is 5.92 Å². The van der Waals surface area contributed by atoms with Crippen molar-refractivity contribution in [2.24, 2.45) is 5.92 Å². The van der Waals surface area contributed by atoms with Gasteiger partial charge in [0.1, 0.15) is 24.0 Å². The summed E-state index contributed by atoms with van der Waals surface area (Å²) in [7, 11) is 1.58. The summed E-state index contributed by atoms with van der Waals surface area (Å²) in [6.45, 7) is 0. The number of nitrogens with zero attached hydrogens (tertiary/aromatic N) is 4. The quantitative estimate of drug-likeness (QED) is 0.579. The number of rotatable bonds is 4. The van der Waals surface area contributed by atoms with Crippen LogP contribution in [0.5, 0.6) is 5.88 Å². The van der Waals surface area contributed by atoms with Crippen LogP contribution in [0.3, 0.4) is 0 Å². The lowest BCUT2D eigenvalue weighted by atomic mass is 10.1. The maximum Gasteiger partial charge on any atom is 0.231 e. The molecule has 0 bridgehead atoms. The minimum absolute atomic E-state index is 0.283. The smallest absolute Gasteiger partial charge is 0.231 e. The van der Waals surface area contributed by atoms with E-state index in [2.05, 4.69) is 25.4 Å². The molecule has 4 heterocycles. The highest BCUT2D eigenvalue weighted by molar-refractivity contribution is 5.98. The van der Waals surface area contributed by atoms with Crippen LogP contribution in [0.4, 0.5) is 10.2 Å². The molecular weight excluding hydrogens is 351 g/mol. The molecule has 1 aliphatic rings. The van der Waals surface area contributed by atoms with Gasteiger partial charge in [-0.05, 0) is 30.7 Å². The van der Waals surface area contributed by atoms with E-state index in [1.807, 2.05) is 24.4 Å². The summed E-state index contributed by atoms with van der Waals surface area (Å²) in [6.07, 6.45) is 2.54. The molecule has 2 atom stereocenters. The molecule has 0 unspecified atom stereocenters. The number of hydrogen-bond acceptors (Lipinski definition) is 5. The van der Waals surface area contributed by atoms with E-state index < -0.39 is 12.1 Å². The van der Waals surface area contributed by atoms with E-state index in [1.54, 1.807) is 17.7 Å². The topological polar surface area (TPSA) is 97.2 Å². The molecule has 8 nitrogen and oxygen atoms in total. The number of fused-ring (bicyclic) bond motifs is 2. The molecule has 0 radical (unpaired) electrons. The lowest BCUT2D eigenvalue weighted by Gasteiger charge is -2.09. The van der Waals surface area contributed by atoms with Crippen LogP contribution in [-0.4, -0.2) is 43.8 Å². The zero-order valence-corrected chi connectivity index (χ0v) is 14.3. The molecule has 4 aromatic heterocycles. The van der Waals surface area contributed by atoms with Gasteiger partial charge in [-0.15, -0.1) is 0 Å². The number of nitrogens with one attached hydrogen (secondary N) is 2. The first kappa shape index (κ1) is 15.7. The second-order valence-electron chi connectivity index (χ2n) is 6.43. The maximum absolute atomic E-state index is 13.0. The first-order chi connectivity index (χ1) is 13.2. The summed E-state index contributed by atoms with van der Waals surface area (Å²) in [5.74, 6) is 0.0597. The predicted molar refractivity (Wildman–Crippen MR) is 96.3 cm³/mol. The molecule has 1 fully saturated rings. The van der Waals surface area contributed by atoms with E-state index in [0.717, 1.165) is 16.5 Å². The Labute approximate surface area is 152 Å². The first-order valence-electron chi connectivity index (χ1n) is 8.46. The highest BCUT2D eigenvalue weighted by atomic mass is 19.1. The SMILES string of the molecule is COc1c(-c2c[nH]c3nc(NC(=O)[C@@H]4C[C@@H]4F)ccc23)ccc2ncnn12. The maximum atomic E-state index is 13.0. The molecule has 1 aliphatic carbocycles. The third-order valence-electron chi connectivity index (χ3n) is 4.72.